The molecule has 19 heavy (non-hydrogen) atoms. The van der Waals surface area contributed by atoms with Crippen molar-refractivity contribution in [3.05, 3.63) is 34.4 Å². The normalized spacial score (nSPS) is 16.4. The average molecular weight is 259 g/mol. The molecule has 0 radical (unpaired) electrons. The number of nitrogens with zero attached hydrogens (tertiary/aromatic N) is 1. The summed E-state index contributed by atoms with van der Waals surface area (Å²) in [5, 5.41) is 0. The minimum Gasteiger partial charge on any atom is -0.339 e. The molecule has 0 heterocycles. The van der Waals surface area contributed by atoms with Gasteiger partial charge in [-0.1, -0.05) is 37.0 Å². The molecule has 1 aromatic rings. The number of carbonyl (C=O) groups is 1. The van der Waals surface area contributed by atoms with Crippen molar-refractivity contribution in [2.45, 2.75) is 58.9 Å². The van der Waals surface area contributed by atoms with E-state index < -0.39 is 0 Å². The Hall–Kier alpha value is -1.31. The van der Waals surface area contributed by atoms with Crippen LogP contribution in [0.2, 0.25) is 0 Å². The lowest BCUT2D eigenvalue weighted by molar-refractivity contribution is 0.0695. The van der Waals surface area contributed by atoms with Crippen LogP contribution in [-0.2, 0) is 0 Å². The molecule has 1 aromatic carbocycles. The monoisotopic (exact) mass is 259 g/mol. The Morgan fingerprint density at radius 1 is 1.05 bits per heavy atom. The quantitative estimate of drug-likeness (QED) is 0.785. The number of benzene rings is 1. The van der Waals surface area contributed by atoms with Crippen LogP contribution in [0.4, 0.5) is 0 Å². The van der Waals surface area contributed by atoms with Gasteiger partial charge in [-0.3, -0.25) is 4.79 Å². The Morgan fingerprint density at radius 3 is 2.11 bits per heavy atom. The highest BCUT2D eigenvalue weighted by atomic mass is 16.2. The van der Waals surface area contributed by atoms with Gasteiger partial charge < -0.3 is 4.90 Å². The average Bonchev–Trinajstić information content (AvgIpc) is 2.37. The molecule has 0 unspecified atom stereocenters. The first-order chi connectivity index (χ1) is 9.00. The molecule has 1 aliphatic carbocycles. The van der Waals surface area contributed by atoms with Gasteiger partial charge in [0.2, 0.25) is 0 Å². The minimum absolute atomic E-state index is 0.196. The summed E-state index contributed by atoms with van der Waals surface area (Å²) in [6.45, 7) is 6.17. The molecule has 0 N–H and O–H groups in total. The predicted octanol–water partition coefficient (Wildman–Crippen LogP) is 4.02. The highest BCUT2D eigenvalue weighted by Crippen LogP contribution is 2.25. The van der Waals surface area contributed by atoms with Gasteiger partial charge in [-0.25, -0.2) is 0 Å². The van der Waals surface area contributed by atoms with Gasteiger partial charge >= 0.3 is 0 Å². The topological polar surface area (TPSA) is 20.3 Å². The molecule has 1 aliphatic rings. The Labute approximate surface area is 116 Å². The van der Waals surface area contributed by atoms with Gasteiger partial charge in [0.05, 0.1) is 0 Å². The molecule has 1 amide bonds. The fourth-order valence-electron chi connectivity index (χ4n) is 3.33. The molecule has 0 saturated heterocycles. The zero-order valence-corrected chi connectivity index (χ0v) is 12.6. The van der Waals surface area contributed by atoms with Crippen molar-refractivity contribution in [1.82, 2.24) is 4.90 Å². The zero-order chi connectivity index (χ0) is 14.0. The molecule has 1 fully saturated rings. The third-order valence-corrected chi connectivity index (χ3v) is 4.33. The summed E-state index contributed by atoms with van der Waals surface area (Å²) in [7, 11) is 1.97. The van der Waals surface area contributed by atoms with Crippen LogP contribution in [0.1, 0.15) is 59.2 Å². The Kier molecular flexibility index (Phi) is 4.28. The van der Waals surface area contributed by atoms with Crippen LogP contribution in [0.25, 0.3) is 0 Å². The van der Waals surface area contributed by atoms with E-state index in [9.17, 15) is 4.79 Å². The van der Waals surface area contributed by atoms with Crippen molar-refractivity contribution >= 4 is 5.91 Å². The van der Waals surface area contributed by atoms with Gasteiger partial charge in [0.25, 0.3) is 5.91 Å². The summed E-state index contributed by atoms with van der Waals surface area (Å²) in [5.41, 5.74) is 4.33. The van der Waals surface area contributed by atoms with E-state index in [1.54, 1.807) is 0 Å². The van der Waals surface area contributed by atoms with Crippen molar-refractivity contribution < 1.29 is 4.79 Å². The number of carbonyl (C=O) groups excluding carboxylic acids is 1. The van der Waals surface area contributed by atoms with Crippen LogP contribution in [0.15, 0.2) is 12.1 Å². The molecule has 2 heteroatoms. The fourth-order valence-corrected chi connectivity index (χ4v) is 3.33. The molecule has 0 spiro atoms. The summed E-state index contributed by atoms with van der Waals surface area (Å²) in [4.78, 5) is 14.7. The lowest BCUT2D eigenvalue weighted by Crippen LogP contribution is -2.38. The molecule has 2 nitrogen and oxygen atoms in total. The molecule has 0 aliphatic heterocycles. The fraction of sp³-hybridized carbons (Fsp3) is 0.588. The molecule has 0 bridgehead atoms. The van der Waals surface area contributed by atoms with Gasteiger partial charge in [-0.05, 0) is 44.7 Å². The summed E-state index contributed by atoms with van der Waals surface area (Å²) < 4.78 is 0. The Morgan fingerprint density at radius 2 is 1.58 bits per heavy atom. The lowest BCUT2D eigenvalue weighted by Gasteiger charge is -2.32. The molecule has 104 valence electrons. The molecular weight excluding hydrogens is 234 g/mol. The van der Waals surface area contributed by atoms with E-state index >= 15 is 0 Å². The molecular formula is C17H25NO. The first-order valence-electron chi connectivity index (χ1n) is 7.35. The smallest absolute Gasteiger partial charge is 0.254 e. The van der Waals surface area contributed by atoms with E-state index in [1.807, 2.05) is 25.8 Å². The minimum atomic E-state index is 0.196. The van der Waals surface area contributed by atoms with E-state index in [-0.39, 0.29) is 5.91 Å². The number of hydrogen-bond acceptors (Lipinski definition) is 1. The van der Waals surface area contributed by atoms with Gasteiger partial charge in [-0.15, -0.1) is 0 Å². The van der Waals surface area contributed by atoms with E-state index in [2.05, 4.69) is 19.1 Å². The maximum atomic E-state index is 12.7. The van der Waals surface area contributed by atoms with E-state index in [0.717, 1.165) is 29.5 Å². The van der Waals surface area contributed by atoms with E-state index in [1.165, 1.54) is 24.8 Å². The largest absolute Gasteiger partial charge is 0.339 e. The first kappa shape index (κ1) is 14.1. The highest BCUT2D eigenvalue weighted by Gasteiger charge is 2.24. The highest BCUT2D eigenvalue weighted by molar-refractivity contribution is 5.97. The summed E-state index contributed by atoms with van der Waals surface area (Å²) in [5.74, 6) is 0.196. The molecule has 0 aromatic heterocycles. The second-order valence-electron chi connectivity index (χ2n) is 5.98. The second-order valence-corrected chi connectivity index (χ2v) is 5.98. The molecule has 2 rings (SSSR count). The standard InChI is InChI=1S/C17H25NO/c1-12-10-13(2)16(14(3)11-12)17(19)18(4)15-8-6-5-7-9-15/h10-11,15H,5-9H2,1-4H3. The van der Waals surface area contributed by atoms with Crippen molar-refractivity contribution in [3.63, 3.8) is 0 Å². The van der Waals surface area contributed by atoms with Crippen LogP contribution in [0, 0.1) is 20.8 Å². The van der Waals surface area contributed by atoms with Crippen molar-refractivity contribution in [2.24, 2.45) is 0 Å². The number of amides is 1. The third-order valence-electron chi connectivity index (χ3n) is 4.33. The van der Waals surface area contributed by atoms with Crippen molar-refractivity contribution in [3.8, 4) is 0 Å². The SMILES string of the molecule is Cc1cc(C)c(C(=O)N(C)C2CCCCC2)c(C)c1. The first-order valence-corrected chi connectivity index (χ1v) is 7.35. The van der Waals surface area contributed by atoms with Gasteiger partial charge in [0, 0.05) is 18.7 Å². The van der Waals surface area contributed by atoms with Gasteiger partial charge in [0.1, 0.15) is 0 Å². The van der Waals surface area contributed by atoms with Crippen LogP contribution < -0.4 is 0 Å². The van der Waals surface area contributed by atoms with Gasteiger partial charge in [-0.2, -0.15) is 0 Å². The zero-order valence-electron chi connectivity index (χ0n) is 12.6. The van der Waals surface area contributed by atoms with E-state index in [4.69, 9.17) is 0 Å². The molecule has 1 saturated carbocycles. The van der Waals surface area contributed by atoms with Crippen molar-refractivity contribution in [2.75, 3.05) is 7.05 Å². The maximum absolute atomic E-state index is 12.7. The van der Waals surface area contributed by atoms with Crippen LogP contribution in [-0.4, -0.2) is 23.9 Å². The van der Waals surface area contributed by atoms with Crippen LogP contribution >= 0.6 is 0 Å². The number of hydrogen-bond donors (Lipinski definition) is 0. The summed E-state index contributed by atoms with van der Waals surface area (Å²) in [6.07, 6.45) is 6.15. The number of aryl methyl sites for hydroxylation is 3. The Balaban J connectivity index is 2.23. The number of rotatable bonds is 2. The molecule has 0 atom stereocenters. The summed E-state index contributed by atoms with van der Waals surface area (Å²) in [6, 6.07) is 4.64. The summed E-state index contributed by atoms with van der Waals surface area (Å²) >= 11 is 0. The van der Waals surface area contributed by atoms with Crippen LogP contribution in [0.5, 0.6) is 0 Å². The van der Waals surface area contributed by atoms with Crippen molar-refractivity contribution in [1.29, 1.82) is 0 Å². The Bertz CT molecular complexity index is 449. The van der Waals surface area contributed by atoms with Gasteiger partial charge in [0.15, 0.2) is 0 Å². The maximum Gasteiger partial charge on any atom is 0.254 e. The lowest BCUT2D eigenvalue weighted by atomic mass is 9.93. The van der Waals surface area contributed by atoms with Crippen LogP contribution in [0.3, 0.4) is 0 Å². The predicted molar refractivity (Wildman–Crippen MR) is 79.6 cm³/mol. The van der Waals surface area contributed by atoms with E-state index in [0.29, 0.717) is 6.04 Å². The second kappa shape index (κ2) is 5.77. The third kappa shape index (κ3) is 2.99.